The second-order valence-electron chi connectivity index (χ2n) is 9.33. The number of ether oxygens (including phenoxy) is 1. The average Bonchev–Trinajstić information content (AvgIpc) is 3.41. The largest absolute Gasteiger partial charge is 0.507 e. The molecule has 2 aromatic carbocycles. The SMILES string of the molecule is Cn1cc(/C=C2\Oc3cccc(O)c3C2=O)c2c(-c3ccc(S(=O)(=O)N4CCCCC4)cc3)ccnc21. The molecule has 4 aromatic rings. The van der Waals surface area contributed by atoms with E-state index in [-0.39, 0.29) is 27.8 Å². The Morgan fingerprint density at radius 2 is 1.78 bits per heavy atom. The molecule has 2 aliphatic rings. The zero-order valence-electron chi connectivity index (χ0n) is 20.2. The van der Waals surface area contributed by atoms with Crippen LogP contribution in [-0.4, -0.2) is 46.3 Å². The van der Waals surface area contributed by atoms with Gasteiger partial charge in [0.15, 0.2) is 5.76 Å². The first kappa shape index (κ1) is 23.4. The maximum absolute atomic E-state index is 13.1. The fourth-order valence-electron chi connectivity index (χ4n) is 5.10. The number of sulfonamides is 1. The molecule has 4 heterocycles. The lowest BCUT2D eigenvalue weighted by atomic mass is 10.0. The van der Waals surface area contributed by atoms with Gasteiger partial charge < -0.3 is 14.4 Å². The molecule has 0 spiro atoms. The van der Waals surface area contributed by atoms with Crippen LogP contribution < -0.4 is 4.74 Å². The number of benzene rings is 2. The van der Waals surface area contributed by atoms with Gasteiger partial charge in [-0.2, -0.15) is 4.31 Å². The second kappa shape index (κ2) is 8.86. The number of ketones is 1. The highest BCUT2D eigenvalue weighted by Crippen LogP contribution is 2.39. The first-order valence-electron chi connectivity index (χ1n) is 12.2. The Hall–Kier alpha value is -3.95. The summed E-state index contributed by atoms with van der Waals surface area (Å²) in [6.45, 7) is 1.11. The number of Topliss-reactive ketones (excluding diaryl/α,β-unsaturated/α-hetero) is 1. The van der Waals surface area contributed by atoms with Gasteiger partial charge >= 0.3 is 0 Å². The number of hydrogen-bond acceptors (Lipinski definition) is 6. The van der Waals surface area contributed by atoms with E-state index in [0.717, 1.165) is 41.3 Å². The molecule has 2 aromatic heterocycles. The summed E-state index contributed by atoms with van der Waals surface area (Å²) in [5.74, 6) is -0.0734. The smallest absolute Gasteiger partial charge is 0.243 e. The number of aromatic nitrogens is 2. The van der Waals surface area contributed by atoms with Crippen molar-refractivity contribution < 1.29 is 23.1 Å². The Balaban J connectivity index is 1.40. The van der Waals surface area contributed by atoms with Gasteiger partial charge in [0.25, 0.3) is 0 Å². The maximum atomic E-state index is 13.1. The van der Waals surface area contributed by atoms with E-state index in [2.05, 4.69) is 4.98 Å². The van der Waals surface area contributed by atoms with Gasteiger partial charge in [0.2, 0.25) is 15.8 Å². The molecule has 9 heteroatoms. The van der Waals surface area contributed by atoms with Gasteiger partial charge in [-0.05, 0) is 60.4 Å². The van der Waals surface area contributed by atoms with Gasteiger partial charge in [-0.1, -0.05) is 24.6 Å². The average molecular weight is 516 g/mol. The van der Waals surface area contributed by atoms with E-state index in [1.165, 1.54) is 6.07 Å². The van der Waals surface area contributed by atoms with E-state index < -0.39 is 10.0 Å². The predicted molar refractivity (Wildman–Crippen MR) is 140 cm³/mol. The third-order valence-corrected chi connectivity index (χ3v) is 8.88. The summed E-state index contributed by atoms with van der Waals surface area (Å²) in [5, 5.41) is 10.9. The van der Waals surface area contributed by atoms with Crippen molar-refractivity contribution in [3.05, 3.63) is 77.8 Å². The first-order chi connectivity index (χ1) is 17.8. The third-order valence-electron chi connectivity index (χ3n) is 6.97. The molecule has 1 fully saturated rings. The highest BCUT2D eigenvalue weighted by atomic mass is 32.2. The summed E-state index contributed by atoms with van der Waals surface area (Å²) in [6.07, 6.45) is 8.05. The van der Waals surface area contributed by atoms with Crippen LogP contribution in [0.5, 0.6) is 11.5 Å². The maximum Gasteiger partial charge on any atom is 0.243 e. The monoisotopic (exact) mass is 515 g/mol. The normalized spacial score (nSPS) is 17.3. The number of rotatable bonds is 4. The van der Waals surface area contributed by atoms with Gasteiger partial charge in [0, 0.05) is 43.5 Å². The zero-order chi connectivity index (χ0) is 25.7. The Labute approximate surface area is 214 Å². The Kier molecular flexibility index (Phi) is 5.62. The summed E-state index contributed by atoms with van der Waals surface area (Å²) in [4.78, 5) is 17.7. The lowest BCUT2D eigenvalue weighted by Crippen LogP contribution is -2.35. The number of piperidine rings is 1. The molecule has 0 atom stereocenters. The van der Waals surface area contributed by atoms with Crippen molar-refractivity contribution in [2.24, 2.45) is 7.05 Å². The molecular weight excluding hydrogens is 490 g/mol. The second-order valence-corrected chi connectivity index (χ2v) is 11.3. The van der Waals surface area contributed by atoms with Crippen LogP contribution in [0.15, 0.2) is 71.6 Å². The molecule has 37 heavy (non-hydrogen) atoms. The number of aromatic hydroxyl groups is 1. The Morgan fingerprint density at radius 3 is 2.51 bits per heavy atom. The van der Waals surface area contributed by atoms with Gasteiger partial charge in [0.1, 0.15) is 22.7 Å². The fourth-order valence-corrected chi connectivity index (χ4v) is 6.62. The fraction of sp³-hybridized carbons (Fsp3) is 0.214. The Morgan fingerprint density at radius 1 is 1.03 bits per heavy atom. The van der Waals surface area contributed by atoms with Crippen molar-refractivity contribution in [2.45, 2.75) is 24.2 Å². The number of allylic oxidation sites excluding steroid dienone is 1. The molecule has 0 saturated carbocycles. The van der Waals surface area contributed by atoms with Gasteiger partial charge in [-0.15, -0.1) is 0 Å². The van der Waals surface area contributed by atoms with E-state index in [1.54, 1.807) is 53.0 Å². The molecule has 0 amide bonds. The number of fused-ring (bicyclic) bond motifs is 2. The molecule has 2 aliphatic heterocycles. The number of phenols is 1. The highest BCUT2D eigenvalue weighted by Gasteiger charge is 2.31. The number of phenolic OH excluding ortho intramolecular Hbond substituents is 1. The molecule has 0 unspecified atom stereocenters. The van der Waals surface area contributed by atoms with Crippen molar-refractivity contribution in [1.82, 2.24) is 13.9 Å². The molecule has 8 nitrogen and oxygen atoms in total. The lowest BCUT2D eigenvalue weighted by molar-refractivity contribution is 0.101. The minimum Gasteiger partial charge on any atom is -0.507 e. The number of nitrogens with zero attached hydrogens (tertiary/aromatic N) is 3. The molecule has 0 bridgehead atoms. The number of carbonyl (C=O) groups is 1. The van der Waals surface area contributed by atoms with Crippen LogP contribution in [0.4, 0.5) is 0 Å². The van der Waals surface area contributed by atoms with E-state index in [4.69, 9.17) is 4.74 Å². The zero-order valence-corrected chi connectivity index (χ0v) is 21.0. The highest BCUT2D eigenvalue weighted by molar-refractivity contribution is 7.89. The predicted octanol–water partition coefficient (Wildman–Crippen LogP) is 4.74. The number of hydrogen-bond donors (Lipinski definition) is 1. The minimum absolute atomic E-state index is 0.113. The van der Waals surface area contributed by atoms with Crippen molar-refractivity contribution in [3.8, 4) is 22.6 Å². The van der Waals surface area contributed by atoms with Crippen molar-refractivity contribution in [1.29, 1.82) is 0 Å². The topological polar surface area (TPSA) is 102 Å². The molecule has 6 rings (SSSR count). The van der Waals surface area contributed by atoms with E-state index in [0.29, 0.717) is 24.5 Å². The molecule has 1 saturated heterocycles. The van der Waals surface area contributed by atoms with Crippen molar-refractivity contribution in [3.63, 3.8) is 0 Å². The van der Waals surface area contributed by atoms with Crippen molar-refractivity contribution in [2.75, 3.05) is 13.1 Å². The standard InChI is InChI=1S/C28H25N3O5S/c1-30-17-19(16-24-27(33)26-22(32)6-5-7-23(26)36-24)25-21(12-13-29-28(25)30)18-8-10-20(11-9-18)37(34,35)31-14-3-2-4-15-31/h5-13,16-17,32H,2-4,14-15H2,1H3/b24-16-. The van der Waals surface area contributed by atoms with Gasteiger partial charge in [-0.3, -0.25) is 4.79 Å². The molecule has 188 valence electrons. The van der Waals surface area contributed by atoms with E-state index in [1.807, 2.05) is 23.9 Å². The van der Waals surface area contributed by atoms with Crippen LogP contribution in [0.3, 0.4) is 0 Å². The van der Waals surface area contributed by atoms with Gasteiger partial charge in [0.05, 0.1) is 4.90 Å². The van der Waals surface area contributed by atoms with Crippen LogP contribution in [0.1, 0.15) is 35.2 Å². The summed E-state index contributed by atoms with van der Waals surface area (Å²) in [5.41, 5.74) is 3.26. The summed E-state index contributed by atoms with van der Waals surface area (Å²) in [6, 6.07) is 13.5. The third kappa shape index (κ3) is 3.91. The van der Waals surface area contributed by atoms with E-state index >= 15 is 0 Å². The number of pyridine rings is 1. The Bertz CT molecular complexity index is 1680. The van der Waals surface area contributed by atoms with Crippen LogP contribution in [0.2, 0.25) is 0 Å². The summed E-state index contributed by atoms with van der Waals surface area (Å²) in [7, 11) is -1.66. The van der Waals surface area contributed by atoms with E-state index in [9.17, 15) is 18.3 Å². The van der Waals surface area contributed by atoms with Crippen molar-refractivity contribution >= 4 is 32.9 Å². The van der Waals surface area contributed by atoms with Crippen LogP contribution >= 0.6 is 0 Å². The van der Waals surface area contributed by atoms with Gasteiger partial charge in [-0.25, -0.2) is 13.4 Å². The molecular formula is C28H25N3O5S. The van der Waals surface area contributed by atoms with Crippen LogP contribution in [-0.2, 0) is 17.1 Å². The van der Waals surface area contributed by atoms with Crippen LogP contribution in [0.25, 0.3) is 28.2 Å². The number of carbonyl (C=O) groups excluding carboxylic acids is 1. The summed E-state index contributed by atoms with van der Waals surface area (Å²) < 4.78 is 35.4. The minimum atomic E-state index is -3.53. The molecule has 0 radical (unpaired) electrons. The number of aryl methyl sites for hydroxylation is 1. The molecule has 1 N–H and O–H groups in total. The molecule has 0 aliphatic carbocycles. The summed E-state index contributed by atoms with van der Waals surface area (Å²) >= 11 is 0. The van der Waals surface area contributed by atoms with Crippen LogP contribution in [0, 0.1) is 0 Å². The quantitative estimate of drug-likeness (QED) is 0.394. The first-order valence-corrected chi connectivity index (χ1v) is 13.6. The lowest BCUT2D eigenvalue weighted by Gasteiger charge is -2.25.